The molecule has 1 fully saturated rings. The topological polar surface area (TPSA) is 58.4 Å². The lowest BCUT2D eigenvalue weighted by atomic mass is 9.84. The minimum Gasteiger partial charge on any atom is -0.359 e. The monoisotopic (exact) mass is 293 g/mol. The number of urea groups is 1. The molecule has 1 saturated carbocycles. The van der Waals surface area contributed by atoms with Gasteiger partial charge in [0.2, 0.25) is 0 Å². The summed E-state index contributed by atoms with van der Waals surface area (Å²) in [6.45, 7) is 5.98. The number of anilines is 1. The van der Waals surface area contributed by atoms with Gasteiger partial charge in [-0.2, -0.15) is 0 Å². The van der Waals surface area contributed by atoms with Gasteiger partial charge >= 0.3 is 6.03 Å². The molecule has 1 N–H and O–H groups in total. The van der Waals surface area contributed by atoms with Gasteiger partial charge in [0.15, 0.2) is 5.76 Å². The molecule has 1 heterocycles. The molecule has 5 nitrogen and oxygen atoms in total. The molecule has 21 heavy (non-hydrogen) atoms. The van der Waals surface area contributed by atoms with Crippen molar-refractivity contribution >= 4 is 11.7 Å². The highest BCUT2D eigenvalue weighted by Gasteiger charge is 2.27. The van der Waals surface area contributed by atoms with Crippen molar-refractivity contribution in [1.82, 2.24) is 10.1 Å². The Morgan fingerprint density at radius 1 is 1.43 bits per heavy atom. The van der Waals surface area contributed by atoms with E-state index in [1.807, 2.05) is 25.8 Å². The molecular formula is C16H27N3O2. The van der Waals surface area contributed by atoms with Crippen LogP contribution >= 0.6 is 0 Å². The first-order valence-electron chi connectivity index (χ1n) is 8.03. The molecule has 0 saturated heterocycles. The maximum absolute atomic E-state index is 12.5. The normalized spacial score (nSPS) is 17.5. The fourth-order valence-corrected chi connectivity index (χ4v) is 3.13. The van der Waals surface area contributed by atoms with Gasteiger partial charge in [-0.3, -0.25) is 0 Å². The van der Waals surface area contributed by atoms with Gasteiger partial charge in [0.1, 0.15) is 11.4 Å². The van der Waals surface area contributed by atoms with Crippen LogP contribution in [0.25, 0.3) is 0 Å². The summed E-state index contributed by atoms with van der Waals surface area (Å²) in [5.41, 5.74) is 1.53. The molecule has 2 rings (SSSR count). The number of hydrogen-bond donors (Lipinski definition) is 1. The summed E-state index contributed by atoms with van der Waals surface area (Å²) in [5, 5.41) is 6.93. The first kappa shape index (κ1) is 15.9. The van der Waals surface area contributed by atoms with Crippen molar-refractivity contribution in [2.45, 2.75) is 65.3 Å². The molecule has 0 spiro atoms. The third-order valence-corrected chi connectivity index (χ3v) is 4.76. The minimum absolute atomic E-state index is 0.0749. The van der Waals surface area contributed by atoms with Crippen LogP contribution in [-0.4, -0.2) is 29.2 Å². The molecular weight excluding hydrogens is 266 g/mol. The van der Waals surface area contributed by atoms with Gasteiger partial charge in [-0.25, -0.2) is 4.79 Å². The Morgan fingerprint density at radius 2 is 2.10 bits per heavy atom. The summed E-state index contributed by atoms with van der Waals surface area (Å²) >= 11 is 0. The number of nitrogens with zero attached hydrogens (tertiary/aromatic N) is 2. The van der Waals surface area contributed by atoms with E-state index in [0.29, 0.717) is 11.7 Å². The largest absolute Gasteiger partial charge is 0.359 e. The molecule has 1 atom stereocenters. The number of hydrogen-bond acceptors (Lipinski definition) is 3. The molecule has 2 amide bonds. The summed E-state index contributed by atoms with van der Waals surface area (Å²) in [5.74, 6) is 1.28. The molecule has 0 aliphatic heterocycles. The highest BCUT2D eigenvalue weighted by Crippen LogP contribution is 2.29. The van der Waals surface area contributed by atoms with Gasteiger partial charge in [0.25, 0.3) is 0 Å². The van der Waals surface area contributed by atoms with Gasteiger partial charge in [0, 0.05) is 13.1 Å². The Balaban J connectivity index is 2.00. The Hall–Kier alpha value is -1.52. The second kappa shape index (κ2) is 6.96. The van der Waals surface area contributed by atoms with E-state index in [0.717, 1.165) is 17.8 Å². The van der Waals surface area contributed by atoms with Gasteiger partial charge in [0.05, 0.1) is 0 Å². The molecule has 1 aliphatic carbocycles. The van der Waals surface area contributed by atoms with E-state index < -0.39 is 0 Å². The lowest BCUT2D eigenvalue weighted by Crippen LogP contribution is -2.43. The third kappa shape index (κ3) is 3.57. The minimum atomic E-state index is -0.0749. The maximum Gasteiger partial charge on any atom is 0.321 e. The number of aryl methyl sites for hydroxylation is 2. The van der Waals surface area contributed by atoms with Gasteiger partial charge in [-0.1, -0.05) is 31.3 Å². The summed E-state index contributed by atoms with van der Waals surface area (Å²) in [7, 11) is 1.88. The summed E-state index contributed by atoms with van der Waals surface area (Å²) in [6, 6.07) is 0.185. The van der Waals surface area contributed by atoms with E-state index in [9.17, 15) is 4.79 Å². The van der Waals surface area contributed by atoms with Crippen LogP contribution in [0.3, 0.4) is 0 Å². The predicted molar refractivity (Wildman–Crippen MR) is 83.4 cm³/mol. The van der Waals surface area contributed by atoms with Crippen molar-refractivity contribution in [3.05, 3.63) is 11.5 Å². The van der Waals surface area contributed by atoms with Crippen molar-refractivity contribution < 1.29 is 9.32 Å². The van der Waals surface area contributed by atoms with Crippen LogP contribution in [-0.2, 0) is 6.42 Å². The van der Waals surface area contributed by atoms with Crippen LogP contribution in [0, 0.1) is 12.8 Å². The Kier molecular flexibility index (Phi) is 5.26. The standard InChI is InChI=1S/C16H27N3O2/c1-5-14-15(12(3)21-18-14)17-16(20)19(4)11(2)13-9-7-6-8-10-13/h11,13H,5-10H2,1-4H3,(H,17,20)/t11-/m1/s1. The number of amides is 2. The Labute approximate surface area is 127 Å². The van der Waals surface area contributed by atoms with E-state index in [-0.39, 0.29) is 12.1 Å². The van der Waals surface area contributed by atoms with Crippen LogP contribution in [0.5, 0.6) is 0 Å². The van der Waals surface area contributed by atoms with E-state index in [2.05, 4.69) is 17.4 Å². The van der Waals surface area contributed by atoms with E-state index in [1.54, 1.807) is 0 Å². The average Bonchev–Trinajstić information content (AvgIpc) is 2.87. The molecule has 0 aromatic carbocycles. The molecule has 1 aliphatic rings. The van der Waals surface area contributed by atoms with Crippen LogP contribution < -0.4 is 5.32 Å². The molecule has 1 aromatic heterocycles. The second-order valence-corrected chi connectivity index (χ2v) is 6.09. The molecule has 0 bridgehead atoms. The lowest BCUT2D eigenvalue weighted by Gasteiger charge is -2.34. The number of aromatic nitrogens is 1. The number of carbonyl (C=O) groups is 1. The van der Waals surface area contributed by atoms with Crippen LogP contribution in [0.4, 0.5) is 10.5 Å². The molecule has 118 valence electrons. The molecule has 0 radical (unpaired) electrons. The fraction of sp³-hybridized carbons (Fsp3) is 0.750. The zero-order chi connectivity index (χ0) is 15.4. The van der Waals surface area contributed by atoms with Crippen LogP contribution in [0.2, 0.25) is 0 Å². The SMILES string of the molecule is CCc1noc(C)c1NC(=O)N(C)[C@H](C)C1CCCCC1. The summed E-state index contributed by atoms with van der Waals surface area (Å²) < 4.78 is 5.16. The first-order valence-corrected chi connectivity index (χ1v) is 8.03. The zero-order valence-electron chi connectivity index (χ0n) is 13.6. The quantitative estimate of drug-likeness (QED) is 0.913. The molecule has 5 heteroatoms. The number of rotatable bonds is 4. The first-order chi connectivity index (χ1) is 10.0. The zero-order valence-corrected chi connectivity index (χ0v) is 13.6. The van der Waals surface area contributed by atoms with E-state index >= 15 is 0 Å². The number of nitrogens with one attached hydrogen (secondary N) is 1. The van der Waals surface area contributed by atoms with Crippen molar-refractivity contribution in [1.29, 1.82) is 0 Å². The van der Waals surface area contributed by atoms with Crippen molar-refractivity contribution in [2.24, 2.45) is 5.92 Å². The summed E-state index contributed by atoms with van der Waals surface area (Å²) in [6.07, 6.45) is 7.11. The fourth-order valence-electron chi connectivity index (χ4n) is 3.13. The van der Waals surface area contributed by atoms with Crippen molar-refractivity contribution in [2.75, 3.05) is 12.4 Å². The predicted octanol–water partition coefficient (Wildman–Crippen LogP) is 3.98. The van der Waals surface area contributed by atoms with Crippen LogP contribution in [0.1, 0.15) is 57.4 Å². The highest BCUT2D eigenvalue weighted by molar-refractivity contribution is 5.90. The van der Waals surface area contributed by atoms with Crippen LogP contribution in [0.15, 0.2) is 4.52 Å². The van der Waals surface area contributed by atoms with Gasteiger partial charge in [-0.05, 0) is 39.0 Å². The van der Waals surface area contributed by atoms with Crippen molar-refractivity contribution in [3.63, 3.8) is 0 Å². The maximum atomic E-state index is 12.5. The second-order valence-electron chi connectivity index (χ2n) is 6.09. The highest BCUT2D eigenvalue weighted by atomic mass is 16.5. The summed E-state index contributed by atoms with van der Waals surface area (Å²) in [4.78, 5) is 14.3. The molecule has 0 unspecified atom stereocenters. The molecule has 1 aromatic rings. The van der Waals surface area contributed by atoms with Gasteiger partial charge in [-0.15, -0.1) is 0 Å². The Morgan fingerprint density at radius 3 is 2.71 bits per heavy atom. The van der Waals surface area contributed by atoms with Crippen molar-refractivity contribution in [3.8, 4) is 0 Å². The smallest absolute Gasteiger partial charge is 0.321 e. The third-order valence-electron chi connectivity index (χ3n) is 4.76. The lowest BCUT2D eigenvalue weighted by molar-refractivity contribution is 0.167. The van der Waals surface area contributed by atoms with Gasteiger partial charge < -0.3 is 14.7 Å². The van der Waals surface area contributed by atoms with E-state index in [4.69, 9.17) is 4.52 Å². The Bertz CT molecular complexity index is 478. The number of carbonyl (C=O) groups excluding carboxylic acids is 1. The average molecular weight is 293 g/mol. The van der Waals surface area contributed by atoms with E-state index in [1.165, 1.54) is 32.1 Å².